The largest absolute Gasteiger partial charge is 0.340 e. The molecule has 1 aromatic carbocycles. The molecular formula is C12H11IN2O3. The number of likely N-dealkylation sites (tertiary alicyclic amines) is 1. The summed E-state index contributed by atoms with van der Waals surface area (Å²) in [5.41, 5.74) is 0.507. The summed E-state index contributed by atoms with van der Waals surface area (Å²) in [5, 5.41) is 2.59. The highest BCUT2D eigenvalue weighted by Gasteiger charge is 2.37. The van der Waals surface area contributed by atoms with Crippen LogP contribution < -0.4 is 5.32 Å². The van der Waals surface area contributed by atoms with Crippen molar-refractivity contribution in [2.24, 2.45) is 0 Å². The number of halogens is 1. The van der Waals surface area contributed by atoms with E-state index in [9.17, 15) is 14.4 Å². The molecule has 0 spiro atoms. The van der Waals surface area contributed by atoms with Crippen molar-refractivity contribution in [1.82, 2.24) is 10.2 Å². The predicted octanol–water partition coefficient (Wildman–Crippen LogP) is 0.778. The molecule has 1 aliphatic heterocycles. The van der Waals surface area contributed by atoms with Crippen LogP contribution in [0.2, 0.25) is 0 Å². The summed E-state index contributed by atoms with van der Waals surface area (Å²) in [6.07, 6.45) is 0.0322. The second kappa shape index (κ2) is 5.05. The SMILES string of the molecule is CN1C(=O)CC(NC(=O)c2ccccc2I)C1=O. The van der Waals surface area contributed by atoms with Gasteiger partial charge < -0.3 is 5.32 Å². The normalized spacial score (nSPS) is 19.2. The van der Waals surface area contributed by atoms with Crippen LogP contribution >= 0.6 is 22.6 Å². The number of amides is 3. The summed E-state index contributed by atoms with van der Waals surface area (Å²) >= 11 is 2.05. The minimum absolute atomic E-state index is 0.0322. The lowest BCUT2D eigenvalue weighted by Crippen LogP contribution is -2.40. The number of benzene rings is 1. The van der Waals surface area contributed by atoms with Crippen LogP contribution in [0.1, 0.15) is 16.8 Å². The maximum absolute atomic E-state index is 12.0. The van der Waals surface area contributed by atoms with Gasteiger partial charge in [-0.25, -0.2) is 0 Å². The molecule has 2 rings (SSSR count). The van der Waals surface area contributed by atoms with Crippen molar-refractivity contribution in [3.63, 3.8) is 0 Å². The van der Waals surface area contributed by atoms with Crippen molar-refractivity contribution in [3.05, 3.63) is 33.4 Å². The Labute approximate surface area is 118 Å². The Balaban J connectivity index is 2.12. The molecule has 0 aliphatic carbocycles. The molecule has 3 amide bonds. The van der Waals surface area contributed by atoms with Gasteiger partial charge in [-0.2, -0.15) is 0 Å². The molecular weight excluding hydrogens is 347 g/mol. The molecule has 94 valence electrons. The van der Waals surface area contributed by atoms with E-state index in [2.05, 4.69) is 27.9 Å². The van der Waals surface area contributed by atoms with Crippen LogP contribution in [0.3, 0.4) is 0 Å². The van der Waals surface area contributed by atoms with Gasteiger partial charge in [-0.3, -0.25) is 19.3 Å². The van der Waals surface area contributed by atoms with E-state index in [0.29, 0.717) is 5.56 Å². The van der Waals surface area contributed by atoms with Crippen LogP contribution in [0.4, 0.5) is 0 Å². The van der Waals surface area contributed by atoms with Crippen molar-refractivity contribution in [1.29, 1.82) is 0 Å². The summed E-state index contributed by atoms with van der Waals surface area (Å²) in [6.45, 7) is 0. The first-order valence-electron chi connectivity index (χ1n) is 5.36. The molecule has 1 N–H and O–H groups in total. The maximum atomic E-state index is 12.0. The molecule has 6 heteroatoms. The molecule has 0 radical (unpaired) electrons. The van der Waals surface area contributed by atoms with Crippen molar-refractivity contribution >= 4 is 40.3 Å². The summed E-state index contributed by atoms with van der Waals surface area (Å²) in [6, 6.07) is 6.33. The van der Waals surface area contributed by atoms with Gasteiger partial charge in [-0.05, 0) is 34.7 Å². The summed E-state index contributed by atoms with van der Waals surface area (Å²) in [4.78, 5) is 36.0. The van der Waals surface area contributed by atoms with Gasteiger partial charge in [-0.15, -0.1) is 0 Å². The second-order valence-electron chi connectivity index (χ2n) is 4.00. The fourth-order valence-electron chi connectivity index (χ4n) is 1.75. The van der Waals surface area contributed by atoms with E-state index in [4.69, 9.17) is 0 Å². The van der Waals surface area contributed by atoms with E-state index in [0.717, 1.165) is 8.47 Å². The summed E-state index contributed by atoms with van der Waals surface area (Å²) in [7, 11) is 1.42. The Morgan fingerprint density at radius 2 is 2.06 bits per heavy atom. The third kappa shape index (κ3) is 2.38. The molecule has 1 aromatic rings. The first-order valence-corrected chi connectivity index (χ1v) is 6.44. The van der Waals surface area contributed by atoms with Crippen LogP contribution in [-0.4, -0.2) is 35.7 Å². The monoisotopic (exact) mass is 358 g/mol. The molecule has 5 nitrogen and oxygen atoms in total. The highest BCUT2D eigenvalue weighted by molar-refractivity contribution is 14.1. The van der Waals surface area contributed by atoms with E-state index >= 15 is 0 Å². The lowest BCUT2D eigenvalue weighted by atomic mass is 10.2. The molecule has 1 aliphatic rings. The first-order chi connectivity index (χ1) is 8.50. The van der Waals surface area contributed by atoms with Gasteiger partial charge in [0.25, 0.3) is 11.8 Å². The van der Waals surface area contributed by atoms with E-state index < -0.39 is 6.04 Å². The number of carbonyl (C=O) groups is 3. The average Bonchev–Trinajstić information content (AvgIpc) is 2.57. The van der Waals surface area contributed by atoms with Gasteiger partial charge in [-0.1, -0.05) is 12.1 Å². The summed E-state index contributed by atoms with van der Waals surface area (Å²) < 4.78 is 0.803. The van der Waals surface area contributed by atoms with Crippen molar-refractivity contribution in [2.75, 3.05) is 7.05 Å². The van der Waals surface area contributed by atoms with Gasteiger partial charge in [0.05, 0.1) is 12.0 Å². The number of carbonyl (C=O) groups excluding carboxylic acids is 3. The molecule has 1 heterocycles. The quantitative estimate of drug-likeness (QED) is 0.628. The molecule has 0 bridgehead atoms. The van der Waals surface area contributed by atoms with Gasteiger partial charge >= 0.3 is 0 Å². The van der Waals surface area contributed by atoms with Crippen LogP contribution in [0, 0.1) is 3.57 Å². The van der Waals surface area contributed by atoms with Gasteiger partial charge in [0, 0.05) is 10.6 Å². The van der Waals surface area contributed by atoms with Crippen molar-refractivity contribution in [3.8, 4) is 0 Å². The summed E-state index contributed by atoms with van der Waals surface area (Å²) in [5.74, 6) is -0.964. The zero-order valence-electron chi connectivity index (χ0n) is 9.64. The fraction of sp³-hybridized carbons (Fsp3) is 0.250. The topological polar surface area (TPSA) is 66.5 Å². The van der Waals surface area contributed by atoms with Crippen LogP contribution in [0.15, 0.2) is 24.3 Å². The number of imide groups is 1. The molecule has 1 unspecified atom stereocenters. The zero-order valence-corrected chi connectivity index (χ0v) is 11.8. The maximum Gasteiger partial charge on any atom is 0.253 e. The fourth-order valence-corrected chi connectivity index (χ4v) is 2.38. The van der Waals surface area contributed by atoms with E-state index in [1.807, 2.05) is 12.1 Å². The first kappa shape index (κ1) is 13.0. The molecule has 1 saturated heterocycles. The van der Waals surface area contributed by atoms with Crippen molar-refractivity contribution in [2.45, 2.75) is 12.5 Å². The standard InChI is InChI=1S/C12H11IN2O3/c1-15-10(16)6-9(12(15)18)14-11(17)7-4-2-3-5-8(7)13/h2-5,9H,6H2,1H3,(H,14,17). The Morgan fingerprint density at radius 3 is 2.61 bits per heavy atom. The highest BCUT2D eigenvalue weighted by atomic mass is 127. The van der Waals surface area contributed by atoms with E-state index in [1.165, 1.54) is 7.05 Å². The number of nitrogens with zero attached hydrogens (tertiary/aromatic N) is 1. The smallest absolute Gasteiger partial charge is 0.253 e. The average molecular weight is 358 g/mol. The van der Waals surface area contributed by atoms with E-state index in [1.54, 1.807) is 12.1 Å². The van der Waals surface area contributed by atoms with Crippen molar-refractivity contribution < 1.29 is 14.4 Å². The Hall–Kier alpha value is -1.44. The Kier molecular flexibility index (Phi) is 3.65. The Morgan fingerprint density at radius 1 is 1.39 bits per heavy atom. The van der Waals surface area contributed by atoms with E-state index in [-0.39, 0.29) is 24.1 Å². The lowest BCUT2D eigenvalue weighted by Gasteiger charge is -2.11. The Bertz CT molecular complexity index is 530. The number of nitrogens with one attached hydrogen (secondary N) is 1. The number of likely N-dealkylation sites (N-methyl/N-ethyl adjacent to an activating group) is 1. The molecule has 18 heavy (non-hydrogen) atoms. The number of hydrogen-bond donors (Lipinski definition) is 1. The lowest BCUT2D eigenvalue weighted by molar-refractivity contribution is -0.137. The van der Waals surface area contributed by atoms with Crippen LogP contribution in [-0.2, 0) is 9.59 Å². The zero-order chi connectivity index (χ0) is 13.3. The van der Waals surface area contributed by atoms with Gasteiger partial charge in [0.15, 0.2) is 0 Å². The third-order valence-electron chi connectivity index (χ3n) is 2.81. The second-order valence-corrected chi connectivity index (χ2v) is 5.16. The molecule has 0 saturated carbocycles. The molecule has 0 aromatic heterocycles. The number of rotatable bonds is 2. The third-order valence-corrected chi connectivity index (χ3v) is 3.75. The van der Waals surface area contributed by atoms with Gasteiger partial charge in [0.2, 0.25) is 5.91 Å². The minimum Gasteiger partial charge on any atom is -0.340 e. The predicted molar refractivity (Wildman–Crippen MR) is 72.8 cm³/mol. The van der Waals surface area contributed by atoms with Crippen LogP contribution in [0.25, 0.3) is 0 Å². The highest BCUT2D eigenvalue weighted by Crippen LogP contribution is 2.14. The molecule has 1 fully saturated rings. The molecule has 1 atom stereocenters. The van der Waals surface area contributed by atoms with Gasteiger partial charge in [0.1, 0.15) is 6.04 Å². The minimum atomic E-state index is -0.744. The van der Waals surface area contributed by atoms with Crippen LogP contribution in [0.5, 0.6) is 0 Å². The number of hydrogen-bond acceptors (Lipinski definition) is 3.